The molecule has 0 radical (unpaired) electrons. The first-order valence-corrected chi connectivity index (χ1v) is 6.39. The van der Waals surface area contributed by atoms with Gasteiger partial charge in [-0.25, -0.2) is 4.39 Å². The molecule has 108 valence electrons. The maximum atomic E-state index is 13.3. The summed E-state index contributed by atoms with van der Waals surface area (Å²) < 4.78 is 23.4. The fourth-order valence-electron chi connectivity index (χ4n) is 1.79. The van der Waals surface area contributed by atoms with Crippen LogP contribution in [-0.4, -0.2) is 13.7 Å². The van der Waals surface area contributed by atoms with Crippen molar-refractivity contribution in [3.05, 3.63) is 53.8 Å². The molecule has 0 fully saturated rings. The third-order valence-corrected chi connectivity index (χ3v) is 2.87. The monoisotopic (exact) mass is 286 g/mol. The Morgan fingerprint density at radius 3 is 2.62 bits per heavy atom. The largest absolute Gasteiger partial charge is 0.494 e. The maximum absolute atomic E-state index is 13.3. The van der Waals surface area contributed by atoms with Crippen LogP contribution in [0.25, 0.3) is 0 Å². The minimum Gasteiger partial charge on any atom is -0.494 e. The highest BCUT2D eigenvalue weighted by Crippen LogP contribution is 2.22. The predicted octanol–water partition coefficient (Wildman–Crippen LogP) is 3.35. The molecule has 0 aliphatic rings. The molecule has 0 heterocycles. The lowest BCUT2D eigenvalue weighted by Crippen LogP contribution is -2.00. The van der Waals surface area contributed by atoms with E-state index < -0.39 is 0 Å². The summed E-state index contributed by atoms with van der Waals surface area (Å²) in [6.45, 7) is 0.625. The summed E-state index contributed by atoms with van der Waals surface area (Å²) in [7, 11) is 1.43. The number of halogens is 1. The number of ether oxygens (including phenoxy) is 2. The first-order chi connectivity index (χ1) is 10.2. The Balaban J connectivity index is 1.95. The first-order valence-electron chi connectivity index (χ1n) is 6.39. The Bertz CT molecular complexity index is 636. The lowest BCUT2D eigenvalue weighted by Gasteiger charge is -2.09. The van der Waals surface area contributed by atoms with Crippen LogP contribution < -0.4 is 14.8 Å². The van der Waals surface area contributed by atoms with E-state index in [-0.39, 0.29) is 18.2 Å². The van der Waals surface area contributed by atoms with Crippen LogP contribution in [0, 0.1) is 17.1 Å². The molecule has 0 aromatic heterocycles. The summed E-state index contributed by atoms with van der Waals surface area (Å²) in [5.74, 6) is 0.478. The number of nitriles is 1. The molecule has 4 nitrogen and oxygen atoms in total. The van der Waals surface area contributed by atoms with Gasteiger partial charge >= 0.3 is 0 Å². The first kappa shape index (κ1) is 14.7. The van der Waals surface area contributed by atoms with Crippen molar-refractivity contribution in [2.24, 2.45) is 0 Å². The summed E-state index contributed by atoms with van der Waals surface area (Å²) >= 11 is 0. The molecule has 0 aliphatic carbocycles. The van der Waals surface area contributed by atoms with E-state index >= 15 is 0 Å². The highest BCUT2D eigenvalue weighted by atomic mass is 19.1. The molecule has 0 spiro atoms. The zero-order valence-electron chi connectivity index (χ0n) is 11.6. The van der Waals surface area contributed by atoms with Crippen LogP contribution in [0.4, 0.5) is 10.1 Å². The lowest BCUT2D eigenvalue weighted by molar-refractivity contribution is 0.368. The zero-order valence-corrected chi connectivity index (χ0v) is 11.6. The topological polar surface area (TPSA) is 54.3 Å². The van der Waals surface area contributed by atoms with Crippen molar-refractivity contribution in [2.45, 2.75) is 6.54 Å². The van der Waals surface area contributed by atoms with E-state index in [0.29, 0.717) is 12.3 Å². The smallest absolute Gasteiger partial charge is 0.174 e. The molecule has 2 rings (SSSR count). The van der Waals surface area contributed by atoms with Crippen molar-refractivity contribution < 1.29 is 13.9 Å². The van der Waals surface area contributed by atoms with Crippen LogP contribution in [0.5, 0.6) is 11.5 Å². The van der Waals surface area contributed by atoms with Gasteiger partial charge in [0, 0.05) is 18.3 Å². The van der Waals surface area contributed by atoms with E-state index in [1.807, 2.05) is 18.2 Å². The summed E-state index contributed by atoms with van der Waals surface area (Å²) in [4.78, 5) is 0. The third kappa shape index (κ3) is 4.11. The molecule has 0 saturated heterocycles. The number of methoxy groups -OCH3 is 1. The van der Waals surface area contributed by atoms with Gasteiger partial charge in [-0.1, -0.05) is 12.1 Å². The van der Waals surface area contributed by atoms with Crippen LogP contribution >= 0.6 is 0 Å². The van der Waals surface area contributed by atoms with Crippen molar-refractivity contribution in [1.29, 1.82) is 5.26 Å². The van der Waals surface area contributed by atoms with Crippen molar-refractivity contribution in [2.75, 3.05) is 19.0 Å². The second-order valence-corrected chi connectivity index (χ2v) is 4.29. The highest BCUT2D eigenvalue weighted by Gasteiger charge is 2.03. The molecule has 2 aromatic rings. The van der Waals surface area contributed by atoms with Gasteiger partial charge in [-0.05, 0) is 29.8 Å². The molecule has 0 bridgehead atoms. The quantitative estimate of drug-likeness (QED) is 0.884. The third-order valence-electron chi connectivity index (χ3n) is 2.87. The van der Waals surface area contributed by atoms with Crippen LogP contribution in [0.15, 0.2) is 42.5 Å². The fourth-order valence-corrected chi connectivity index (χ4v) is 1.79. The second kappa shape index (κ2) is 7.15. The minimum absolute atomic E-state index is 0.0347. The average molecular weight is 286 g/mol. The Kier molecular flexibility index (Phi) is 4.99. The van der Waals surface area contributed by atoms with E-state index in [1.165, 1.54) is 13.2 Å². The van der Waals surface area contributed by atoms with Gasteiger partial charge in [0.1, 0.15) is 11.8 Å². The molecule has 0 atom stereocenters. The average Bonchev–Trinajstić information content (AvgIpc) is 2.53. The lowest BCUT2D eigenvalue weighted by atomic mass is 10.2. The Morgan fingerprint density at radius 1 is 1.19 bits per heavy atom. The number of nitrogens with zero attached hydrogens (tertiary/aromatic N) is 1. The standard InChI is InChI=1S/C16H15FN2O2/c1-20-16-10-13(4-7-15(16)17)19-11-12-2-5-14(6-3-12)21-9-8-18/h2-7,10,19H,9,11H2,1H3. The normalized spacial score (nSPS) is 9.76. The van der Waals surface area contributed by atoms with Crippen LogP contribution in [0.2, 0.25) is 0 Å². The number of anilines is 1. The van der Waals surface area contributed by atoms with Gasteiger partial charge in [0.15, 0.2) is 18.2 Å². The number of hydrogen-bond acceptors (Lipinski definition) is 4. The summed E-state index contributed by atoms with van der Waals surface area (Å²) in [5.41, 5.74) is 1.82. The van der Waals surface area contributed by atoms with Gasteiger partial charge in [-0.3, -0.25) is 0 Å². The molecule has 21 heavy (non-hydrogen) atoms. The molecule has 0 amide bonds. The Morgan fingerprint density at radius 2 is 1.95 bits per heavy atom. The number of benzene rings is 2. The van der Waals surface area contributed by atoms with Crippen molar-refractivity contribution >= 4 is 5.69 Å². The summed E-state index contributed by atoms with van der Waals surface area (Å²) in [6.07, 6.45) is 0. The minimum atomic E-state index is -0.387. The van der Waals surface area contributed by atoms with Crippen molar-refractivity contribution in [1.82, 2.24) is 0 Å². The molecular weight excluding hydrogens is 271 g/mol. The maximum Gasteiger partial charge on any atom is 0.174 e. The molecule has 0 unspecified atom stereocenters. The van der Waals surface area contributed by atoms with Gasteiger partial charge in [0.2, 0.25) is 0 Å². The van der Waals surface area contributed by atoms with E-state index in [2.05, 4.69) is 5.32 Å². The predicted molar refractivity (Wildman–Crippen MR) is 77.8 cm³/mol. The van der Waals surface area contributed by atoms with E-state index in [1.54, 1.807) is 24.3 Å². The fraction of sp³-hybridized carbons (Fsp3) is 0.188. The van der Waals surface area contributed by atoms with E-state index in [9.17, 15) is 4.39 Å². The zero-order chi connectivity index (χ0) is 15.1. The van der Waals surface area contributed by atoms with Crippen LogP contribution in [-0.2, 0) is 6.54 Å². The number of hydrogen-bond donors (Lipinski definition) is 1. The molecule has 1 N–H and O–H groups in total. The Labute approximate surface area is 122 Å². The van der Waals surface area contributed by atoms with Gasteiger partial charge in [0.25, 0.3) is 0 Å². The molecule has 2 aromatic carbocycles. The van der Waals surface area contributed by atoms with Gasteiger partial charge in [0.05, 0.1) is 7.11 Å². The summed E-state index contributed by atoms with van der Waals surface area (Å²) in [6, 6.07) is 14.0. The number of nitrogens with one attached hydrogen (secondary N) is 1. The van der Waals surface area contributed by atoms with E-state index in [4.69, 9.17) is 14.7 Å². The van der Waals surface area contributed by atoms with Crippen molar-refractivity contribution in [3.63, 3.8) is 0 Å². The van der Waals surface area contributed by atoms with Crippen molar-refractivity contribution in [3.8, 4) is 17.6 Å². The van der Waals surface area contributed by atoms with Gasteiger partial charge < -0.3 is 14.8 Å². The van der Waals surface area contributed by atoms with Gasteiger partial charge in [-0.15, -0.1) is 0 Å². The second-order valence-electron chi connectivity index (χ2n) is 4.29. The molecule has 0 saturated carbocycles. The SMILES string of the molecule is COc1cc(NCc2ccc(OCC#N)cc2)ccc1F. The highest BCUT2D eigenvalue weighted by molar-refractivity contribution is 5.49. The molecule has 5 heteroatoms. The number of rotatable bonds is 6. The summed E-state index contributed by atoms with van der Waals surface area (Å²) in [5, 5.41) is 11.6. The molecule has 0 aliphatic heterocycles. The van der Waals surface area contributed by atoms with Crippen LogP contribution in [0.1, 0.15) is 5.56 Å². The van der Waals surface area contributed by atoms with E-state index in [0.717, 1.165) is 11.3 Å². The van der Waals surface area contributed by atoms with Crippen LogP contribution in [0.3, 0.4) is 0 Å². The van der Waals surface area contributed by atoms with Gasteiger partial charge in [-0.2, -0.15) is 5.26 Å². The molecular formula is C16H15FN2O2. The Hall–Kier alpha value is -2.74.